The van der Waals surface area contributed by atoms with Gasteiger partial charge < -0.3 is 15.2 Å². The third-order valence-electron chi connectivity index (χ3n) is 3.32. The van der Waals surface area contributed by atoms with E-state index in [1.807, 2.05) is 0 Å². The van der Waals surface area contributed by atoms with E-state index in [2.05, 4.69) is 4.90 Å². The molecule has 0 saturated carbocycles. The maximum Gasteiger partial charge on any atom is 0.123 e. The van der Waals surface area contributed by atoms with Crippen LogP contribution in [0.4, 0.5) is 4.39 Å². The van der Waals surface area contributed by atoms with Crippen LogP contribution < -0.4 is 10.5 Å². The molecule has 1 aromatic rings. The Bertz CT molecular complexity index is 408. The molecule has 1 atom stereocenters. The molecule has 1 fully saturated rings. The number of methoxy groups -OCH3 is 1. The summed E-state index contributed by atoms with van der Waals surface area (Å²) in [6.07, 6.45) is 0.609. The number of ether oxygens (including phenoxy) is 2. The summed E-state index contributed by atoms with van der Waals surface area (Å²) in [7, 11) is 1.59. The number of halogens is 1. The van der Waals surface area contributed by atoms with Crippen molar-refractivity contribution in [1.29, 1.82) is 0 Å². The van der Waals surface area contributed by atoms with Crippen LogP contribution >= 0.6 is 0 Å². The highest BCUT2D eigenvalue weighted by molar-refractivity contribution is 5.34. The fraction of sp³-hybridized carbons (Fsp3) is 0.571. The second kappa shape index (κ2) is 6.84. The molecule has 2 N–H and O–H groups in total. The van der Waals surface area contributed by atoms with E-state index in [0.29, 0.717) is 12.2 Å². The molecule has 106 valence electrons. The van der Waals surface area contributed by atoms with E-state index >= 15 is 0 Å². The molecule has 0 aromatic heterocycles. The first-order valence-corrected chi connectivity index (χ1v) is 6.57. The number of nitrogens with two attached hydrogens (primary N) is 1. The van der Waals surface area contributed by atoms with Crippen molar-refractivity contribution >= 4 is 0 Å². The van der Waals surface area contributed by atoms with Gasteiger partial charge in [-0.2, -0.15) is 0 Å². The summed E-state index contributed by atoms with van der Waals surface area (Å²) >= 11 is 0. The third-order valence-corrected chi connectivity index (χ3v) is 3.32. The van der Waals surface area contributed by atoms with E-state index in [9.17, 15) is 4.39 Å². The first-order chi connectivity index (χ1) is 9.19. The van der Waals surface area contributed by atoms with Crippen LogP contribution in [0.15, 0.2) is 18.2 Å². The normalized spacial score (nSPS) is 18.3. The van der Waals surface area contributed by atoms with Crippen LogP contribution in [0.1, 0.15) is 5.56 Å². The van der Waals surface area contributed by atoms with Crippen LogP contribution in [0.3, 0.4) is 0 Å². The fourth-order valence-corrected chi connectivity index (χ4v) is 2.37. The largest absolute Gasteiger partial charge is 0.496 e. The van der Waals surface area contributed by atoms with Gasteiger partial charge in [-0.1, -0.05) is 0 Å². The molecule has 4 nitrogen and oxygen atoms in total. The lowest BCUT2D eigenvalue weighted by Gasteiger charge is -2.29. The highest BCUT2D eigenvalue weighted by Gasteiger charge is 2.16. The quantitative estimate of drug-likeness (QED) is 0.866. The lowest BCUT2D eigenvalue weighted by Crippen LogP contribution is -2.44. The summed E-state index contributed by atoms with van der Waals surface area (Å²) in [5, 5.41) is 0. The summed E-state index contributed by atoms with van der Waals surface area (Å²) < 4.78 is 23.8. The molecule has 1 unspecified atom stereocenters. The van der Waals surface area contributed by atoms with Gasteiger partial charge in [0.1, 0.15) is 11.6 Å². The number of nitrogens with zero attached hydrogens (tertiary/aromatic N) is 1. The Hall–Kier alpha value is -1.17. The second-order valence-electron chi connectivity index (χ2n) is 4.83. The lowest BCUT2D eigenvalue weighted by atomic mass is 10.0. The summed E-state index contributed by atoms with van der Waals surface area (Å²) in [4.78, 5) is 2.28. The zero-order valence-corrected chi connectivity index (χ0v) is 11.3. The average Bonchev–Trinajstić information content (AvgIpc) is 2.40. The Labute approximate surface area is 113 Å². The Morgan fingerprint density at radius 3 is 2.84 bits per heavy atom. The van der Waals surface area contributed by atoms with Crippen molar-refractivity contribution in [2.75, 3.05) is 40.0 Å². The van der Waals surface area contributed by atoms with E-state index in [0.717, 1.165) is 38.4 Å². The average molecular weight is 268 g/mol. The van der Waals surface area contributed by atoms with E-state index in [1.54, 1.807) is 13.2 Å². The Morgan fingerprint density at radius 2 is 2.16 bits per heavy atom. The third kappa shape index (κ3) is 4.16. The lowest BCUT2D eigenvalue weighted by molar-refractivity contribution is 0.0353. The van der Waals surface area contributed by atoms with Gasteiger partial charge in [0.2, 0.25) is 0 Å². The molecular formula is C14H21FN2O2. The van der Waals surface area contributed by atoms with Gasteiger partial charge in [0.25, 0.3) is 0 Å². The number of hydrogen-bond acceptors (Lipinski definition) is 4. The van der Waals surface area contributed by atoms with Gasteiger partial charge in [0, 0.05) is 25.7 Å². The van der Waals surface area contributed by atoms with Gasteiger partial charge in [-0.25, -0.2) is 4.39 Å². The Kier molecular flexibility index (Phi) is 5.13. The van der Waals surface area contributed by atoms with E-state index in [4.69, 9.17) is 15.2 Å². The number of hydrogen-bond donors (Lipinski definition) is 1. The second-order valence-corrected chi connectivity index (χ2v) is 4.83. The molecule has 0 bridgehead atoms. The zero-order valence-electron chi connectivity index (χ0n) is 11.3. The minimum atomic E-state index is -0.255. The summed E-state index contributed by atoms with van der Waals surface area (Å²) in [6, 6.07) is 4.51. The predicted octanol–water partition coefficient (Wildman–Crippen LogP) is 1.04. The minimum absolute atomic E-state index is 0.0335. The number of morpholine rings is 1. The molecule has 1 saturated heterocycles. The summed E-state index contributed by atoms with van der Waals surface area (Å²) in [5.41, 5.74) is 6.97. The van der Waals surface area contributed by atoms with E-state index in [1.165, 1.54) is 12.1 Å². The fourth-order valence-electron chi connectivity index (χ4n) is 2.37. The van der Waals surface area contributed by atoms with Crippen LogP contribution in [0.2, 0.25) is 0 Å². The van der Waals surface area contributed by atoms with Crippen molar-refractivity contribution in [2.24, 2.45) is 5.73 Å². The first-order valence-electron chi connectivity index (χ1n) is 6.57. The summed E-state index contributed by atoms with van der Waals surface area (Å²) in [6.45, 7) is 4.14. The molecule has 19 heavy (non-hydrogen) atoms. The molecule has 0 amide bonds. The molecule has 1 aromatic carbocycles. The van der Waals surface area contributed by atoms with Crippen molar-refractivity contribution in [3.8, 4) is 5.75 Å². The SMILES string of the molecule is COc1ccc(F)cc1CC(N)CN1CCOCC1. The number of rotatable bonds is 5. The molecule has 1 aliphatic heterocycles. The molecule has 1 heterocycles. The van der Waals surface area contributed by atoms with Crippen molar-refractivity contribution in [3.05, 3.63) is 29.6 Å². The van der Waals surface area contributed by atoms with Crippen LogP contribution in [-0.2, 0) is 11.2 Å². The molecule has 5 heteroatoms. The monoisotopic (exact) mass is 268 g/mol. The van der Waals surface area contributed by atoms with Crippen molar-refractivity contribution in [3.63, 3.8) is 0 Å². The van der Waals surface area contributed by atoms with Crippen molar-refractivity contribution in [2.45, 2.75) is 12.5 Å². The summed E-state index contributed by atoms with van der Waals surface area (Å²) in [5.74, 6) is 0.438. The highest BCUT2D eigenvalue weighted by atomic mass is 19.1. The molecule has 0 spiro atoms. The van der Waals surface area contributed by atoms with Gasteiger partial charge in [0.15, 0.2) is 0 Å². The zero-order chi connectivity index (χ0) is 13.7. The minimum Gasteiger partial charge on any atom is -0.496 e. The predicted molar refractivity (Wildman–Crippen MR) is 71.9 cm³/mol. The van der Waals surface area contributed by atoms with Gasteiger partial charge in [0.05, 0.1) is 20.3 Å². The highest BCUT2D eigenvalue weighted by Crippen LogP contribution is 2.20. The Balaban J connectivity index is 1.93. The van der Waals surface area contributed by atoms with E-state index < -0.39 is 0 Å². The molecular weight excluding hydrogens is 247 g/mol. The van der Waals surface area contributed by atoms with Crippen molar-refractivity contribution < 1.29 is 13.9 Å². The maximum absolute atomic E-state index is 13.3. The molecule has 1 aliphatic rings. The van der Waals surface area contributed by atoms with Gasteiger partial charge in [-0.3, -0.25) is 4.90 Å². The van der Waals surface area contributed by atoms with Gasteiger partial charge in [-0.15, -0.1) is 0 Å². The van der Waals surface area contributed by atoms with Crippen LogP contribution in [0, 0.1) is 5.82 Å². The molecule has 0 aliphatic carbocycles. The Morgan fingerprint density at radius 1 is 1.42 bits per heavy atom. The molecule has 0 radical (unpaired) electrons. The smallest absolute Gasteiger partial charge is 0.123 e. The maximum atomic E-state index is 13.3. The van der Waals surface area contributed by atoms with Gasteiger partial charge in [-0.05, 0) is 30.2 Å². The topological polar surface area (TPSA) is 47.7 Å². The number of benzene rings is 1. The first kappa shape index (κ1) is 14.2. The molecule has 2 rings (SSSR count). The van der Waals surface area contributed by atoms with Crippen molar-refractivity contribution in [1.82, 2.24) is 4.90 Å². The van der Waals surface area contributed by atoms with Gasteiger partial charge >= 0.3 is 0 Å². The van der Waals surface area contributed by atoms with Crippen LogP contribution in [0.25, 0.3) is 0 Å². The van der Waals surface area contributed by atoms with Crippen LogP contribution in [0.5, 0.6) is 5.75 Å². The van der Waals surface area contributed by atoms with Crippen LogP contribution in [-0.4, -0.2) is 50.9 Å². The van der Waals surface area contributed by atoms with E-state index in [-0.39, 0.29) is 11.9 Å². The standard InChI is InChI=1S/C14H21FN2O2/c1-18-14-3-2-12(15)8-11(14)9-13(16)10-17-4-6-19-7-5-17/h2-3,8,13H,4-7,9-10,16H2,1H3.